The first kappa shape index (κ1) is 22.6. The van der Waals surface area contributed by atoms with Crippen molar-refractivity contribution in [1.82, 2.24) is 4.90 Å². The van der Waals surface area contributed by atoms with Gasteiger partial charge in [0.1, 0.15) is 29.6 Å². The maximum atomic E-state index is 9.72. The Morgan fingerprint density at radius 3 is 2.29 bits per heavy atom. The van der Waals surface area contributed by atoms with Crippen molar-refractivity contribution in [2.45, 2.75) is 19.3 Å². The standard InChI is InChI=1S/C28H29NO4S/c1-31-24-13-14-25-26(19-24)34-28(20-5-7-21(30)8-6-20)27(25)33-23-11-9-22(10-12-23)32-18-17-29-15-3-2-4-16-29/h5-14,19,30H,2-4,15-18H2,1H3. The molecule has 0 bridgehead atoms. The number of nitrogens with zero attached hydrogens (tertiary/aromatic N) is 1. The molecule has 0 radical (unpaired) electrons. The average molecular weight is 476 g/mol. The van der Waals surface area contributed by atoms with Crippen molar-refractivity contribution in [2.75, 3.05) is 33.4 Å². The Balaban J connectivity index is 1.35. The van der Waals surface area contributed by atoms with Gasteiger partial charge >= 0.3 is 0 Å². The van der Waals surface area contributed by atoms with Gasteiger partial charge in [-0.25, -0.2) is 0 Å². The Kier molecular flexibility index (Phi) is 6.88. The van der Waals surface area contributed by atoms with E-state index in [4.69, 9.17) is 14.2 Å². The number of methoxy groups -OCH3 is 1. The van der Waals surface area contributed by atoms with Gasteiger partial charge < -0.3 is 19.3 Å². The van der Waals surface area contributed by atoms with Crippen LogP contribution in [0.2, 0.25) is 0 Å². The highest BCUT2D eigenvalue weighted by Gasteiger charge is 2.17. The van der Waals surface area contributed by atoms with E-state index in [1.165, 1.54) is 32.4 Å². The predicted molar refractivity (Wildman–Crippen MR) is 138 cm³/mol. The van der Waals surface area contributed by atoms with E-state index in [0.717, 1.165) is 50.1 Å². The van der Waals surface area contributed by atoms with Crippen molar-refractivity contribution < 1.29 is 19.3 Å². The lowest BCUT2D eigenvalue weighted by Gasteiger charge is -2.26. The number of aromatic hydroxyl groups is 1. The van der Waals surface area contributed by atoms with E-state index < -0.39 is 0 Å². The molecular formula is C28H29NO4S. The van der Waals surface area contributed by atoms with Gasteiger partial charge in [-0.2, -0.15) is 0 Å². The number of phenolic OH excluding ortho intramolecular Hbond substituents is 1. The molecule has 1 fully saturated rings. The summed E-state index contributed by atoms with van der Waals surface area (Å²) in [4.78, 5) is 3.48. The number of hydrogen-bond donors (Lipinski definition) is 1. The number of fused-ring (bicyclic) bond motifs is 1. The normalized spacial score (nSPS) is 14.3. The van der Waals surface area contributed by atoms with E-state index in [0.29, 0.717) is 6.61 Å². The van der Waals surface area contributed by atoms with E-state index in [1.54, 1.807) is 30.6 Å². The molecule has 0 spiro atoms. The Labute approximate surface area is 204 Å². The molecule has 1 aliphatic heterocycles. The van der Waals surface area contributed by atoms with E-state index in [1.807, 2.05) is 54.6 Å². The third-order valence-electron chi connectivity index (χ3n) is 6.15. The van der Waals surface area contributed by atoms with Crippen LogP contribution in [0.1, 0.15) is 19.3 Å². The summed E-state index contributed by atoms with van der Waals surface area (Å²) < 4.78 is 18.9. The van der Waals surface area contributed by atoms with Crippen LogP contribution in [0.15, 0.2) is 66.7 Å². The molecule has 0 saturated carbocycles. The molecule has 5 rings (SSSR count). The van der Waals surface area contributed by atoms with E-state index in [-0.39, 0.29) is 5.75 Å². The van der Waals surface area contributed by atoms with Crippen LogP contribution in [0.4, 0.5) is 0 Å². The number of ether oxygens (including phenoxy) is 3. The molecule has 2 heterocycles. The SMILES string of the molecule is COc1ccc2c(Oc3ccc(OCCN4CCCCC4)cc3)c(-c3ccc(O)cc3)sc2c1. The first-order valence-electron chi connectivity index (χ1n) is 11.7. The zero-order valence-electron chi connectivity index (χ0n) is 19.3. The van der Waals surface area contributed by atoms with Gasteiger partial charge in [-0.1, -0.05) is 6.42 Å². The van der Waals surface area contributed by atoms with Crippen LogP contribution in [-0.2, 0) is 0 Å². The summed E-state index contributed by atoms with van der Waals surface area (Å²) in [5.41, 5.74) is 0.991. The van der Waals surface area contributed by atoms with E-state index >= 15 is 0 Å². The Hall–Kier alpha value is -3.22. The molecule has 1 N–H and O–H groups in total. The number of benzene rings is 3. The number of piperidine rings is 1. The molecule has 34 heavy (non-hydrogen) atoms. The van der Waals surface area contributed by atoms with E-state index in [9.17, 15) is 5.11 Å². The second kappa shape index (κ2) is 10.4. The minimum absolute atomic E-state index is 0.241. The van der Waals surface area contributed by atoms with Crippen LogP contribution in [0.25, 0.3) is 20.5 Å². The minimum Gasteiger partial charge on any atom is -0.508 e. The minimum atomic E-state index is 0.241. The van der Waals surface area contributed by atoms with Crippen molar-refractivity contribution in [3.05, 3.63) is 66.7 Å². The molecule has 0 aliphatic carbocycles. The third kappa shape index (κ3) is 5.13. The van der Waals surface area contributed by atoms with Gasteiger partial charge in [-0.3, -0.25) is 4.90 Å². The third-order valence-corrected chi connectivity index (χ3v) is 7.33. The molecule has 0 atom stereocenters. The van der Waals surface area contributed by atoms with Crippen molar-refractivity contribution in [3.8, 4) is 39.2 Å². The largest absolute Gasteiger partial charge is 0.508 e. The summed E-state index contributed by atoms with van der Waals surface area (Å²) in [6.45, 7) is 4.03. The molecule has 0 unspecified atom stereocenters. The summed E-state index contributed by atoms with van der Waals surface area (Å²) in [6, 6.07) is 21.0. The van der Waals surface area contributed by atoms with Gasteiger partial charge in [0.25, 0.3) is 0 Å². The van der Waals surface area contributed by atoms with Gasteiger partial charge in [0, 0.05) is 16.6 Å². The summed E-state index contributed by atoms with van der Waals surface area (Å²) >= 11 is 1.64. The van der Waals surface area contributed by atoms with Crippen molar-refractivity contribution in [2.24, 2.45) is 0 Å². The molecule has 0 amide bonds. The molecule has 6 heteroatoms. The Morgan fingerprint density at radius 1 is 0.853 bits per heavy atom. The number of thiophene rings is 1. The van der Waals surface area contributed by atoms with Gasteiger partial charge in [0.05, 0.1) is 12.0 Å². The zero-order chi connectivity index (χ0) is 23.3. The van der Waals surface area contributed by atoms with Crippen LogP contribution >= 0.6 is 11.3 Å². The fraction of sp³-hybridized carbons (Fsp3) is 0.286. The Bertz CT molecular complexity index is 1230. The van der Waals surface area contributed by atoms with Crippen LogP contribution < -0.4 is 14.2 Å². The van der Waals surface area contributed by atoms with Crippen LogP contribution in [0.3, 0.4) is 0 Å². The zero-order valence-corrected chi connectivity index (χ0v) is 20.1. The quantitative estimate of drug-likeness (QED) is 0.299. The number of hydrogen-bond acceptors (Lipinski definition) is 6. The van der Waals surface area contributed by atoms with Crippen molar-refractivity contribution in [1.29, 1.82) is 0 Å². The maximum absolute atomic E-state index is 9.72. The summed E-state index contributed by atoms with van der Waals surface area (Å²) in [6.07, 6.45) is 3.94. The fourth-order valence-corrected chi connectivity index (χ4v) is 5.45. The van der Waals surface area contributed by atoms with Crippen molar-refractivity contribution in [3.63, 3.8) is 0 Å². The summed E-state index contributed by atoms with van der Waals surface area (Å²) in [7, 11) is 1.67. The van der Waals surface area contributed by atoms with Crippen LogP contribution in [-0.4, -0.2) is 43.4 Å². The molecule has 1 aromatic heterocycles. The summed E-state index contributed by atoms with van der Waals surface area (Å²) in [5, 5.41) is 10.7. The maximum Gasteiger partial charge on any atom is 0.153 e. The second-order valence-electron chi connectivity index (χ2n) is 8.49. The lowest BCUT2D eigenvalue weighted by atomic mass is 10.1. The van der Waals surface area contributed by atoms with Crippen LogP contribution in [0.5, 0.6) is 28.7 Å². The number of phenols is 1. The van der Waals surface area contributed by atoms with Gasteiger partial charge in [0.2, 0.25) is 0 Å². The van der Waals surface area contributed by atoms with Gasteiger partial charge in [0.15, 0.2) is 5.75 Å². The number of rotatable bonds is 8. The molecule has 176 valence electrons. The average Bonchev–Trinajstić information content (AvgIpc) is 3.23. The van der Waals surface area contributed by atoms with Crippen molar-refractivity contribution >= 4 is 21.4 Å². The summed E-state index contributed by atoms with van der Waals surface area (Å²) in [5.74, 6) is 3.45. The molecular weight excluding hydrogens is 446 g/mol. The smallest absolute Gasteiger partial charge is 0.153 e. The molecule has 4 aromatic rings. The monoisotopic (exact) mass is 475 g/mol. The molecule has 1 saturated heterocycles. The van der Waals surface area contributed by atoms with Gasteiger partial charge in [-0.15, -0.1) is 11.3 Å². The number of likely N-dealkylation sites (tertiary alicyclic amines) is 1. The highest BCUT2D eigenvalue weighted by Crippen LogP contribution is 2.47. The first-order chi connectivity index (χ1) is 16.7. The van der Waals surface area contributed by atoms with Gasteiger partial charge in [-0.05, 0) is 98.2 Å². The Morgan fingerprint density at radius 2 is 1.56 bits per heavy atom. The first-order valence-corrected chi connectivity index (χ1v) is 12.5. The lowest BCUT2D eigenvalue weighted by Crippen LogP contribution is -2.33. The molecule has 3 aromatic carbocycles. The predicted octanol–water partition coefficient (Wildman–Crippen LogP) is 6.94. The molecule has 5 nitrogen and oxygen atoms in total. The van der Waals surface area contributed by atoms with Crippen LogP contribution in [0, 0.1) is 0 Å². The highest BCUT2D eigenvalue weighted by atomic mass is 32.1. The topological polar surface area (TPSA) is 51.2 Å². The molecule has 1 aliphatic rings. The second-order valence-corrected chi connectivity index (χ2v) is 9.55. The highest BCUT2D eigenvalue weighted by molar-refractivity contribution is 7.22. The fourth-order valence-electron chi connectivity index (χ4n) is 4.28. The lowest BCUT2D eigenvalue weighted by molar-refractivity contribution is 0.183. The van der Waals surface area contributed by atoms with E-state index in [2.05, 4.69) is 4.90 Å².